The van der Waals surface area contributed by atoms with Gasteiger partial charge in [-0.05, 0) is 43.3 Å². The number of carboxylic acid groups (broad SMARTS) is 1. The Hall–Kier alpha value is -4.60. The second kappa shape index (κ2) is 12.7. The summed E-state index contributed by atoms with van der Waals surface area (Å²) < 4.78 is 52.5. The van der Waals surface area contributed by atoms with Gasteiger partial charge in [-0.2, -0.15) is 18.4 Å². The van der Waals surface area contributed by atoms with Gasteiger partial charge >= 0.3 is 12.1 Å². The number of hydrogen-bond donors (Lipinski definition) is 3. The van der Waals surface area contributed by atoms with E-state index in [0.717, 1.165) is 5.39 Å². The molecular weight excluding hydrogens is 593 g/mol. The molecule has 0 aliphatic heterocycles. The molecule has 1 heterocycles. The first-order valence-corrected chi connectivity index (χ1v) is 12.0. The Balaban J connectivity index is 0.000000587. The maximum atomic E-state index is 15.1. The molecule has 0 radical (unpaired) electrons. The number of H-pyrrole nitrogens is 1. The Morgan fingerprint density at radius 1 is 1.07 bits per heavy atom. The maximum Gasteiger partial charge on any atom is 0.490 e. The Bertz CT molecular complexity index is 1700. The fraction of sp³-hybridized carbons (Fsp3) is 0.111. The zero-order valence-corrected chi connectivity index (χ0v) is 22.2. The lowest BCUT2D eigenvalue weighted by Gasteiger charge is -2.13. The number of ketones is 1. The molecule has 41 heavy (non-hydrogen) atoms. The number of hydrogen-bond acceptors (Lipinski definition) is 5. The summed E-state index contributed by atoms with van der Waals surface area (Å²) in [6.07, 6.45) is -5.08. The van der Waals surface area contributed by atoms with E-state index in [1.165, 1.54) is 37.3 Å². The Labute approximate surface area is 239 Å². The molecule has 4 aromatic rings. The van der Waals surface area contributed by atoms with Gasteiger partial charge in [0.15, 0.2) is 17.3 Å². The molecule has 3 aromatic carbocycles. The predicted octanol–water partition coefficient (Wildman–Crippen LogP) is 7.04. The number of benzene rings is 3. The molecule has 1 amide bonds. The number of nitrogens with zero attached hydrogens (tertiary/aromatic N) is 1. The van der Waals surface area contributed by atoms with Crippen molar-refractivity contribution in [3.8, 4) is 17.6 Å². The van der Waals surface area contributed by atoms with Crippen molar-refractivity contribution in [3.05, 3.63) is 92.8 Å². The molecule has 0 spiro atoms. The summed E-state index contributed by atoms with van der Waals surface area (Å²) in [5, 5.41) is 19.9. The number of alkyl halides is 3. The SMILES string of the molecule is CC(=O)c1ccc2cc(C(=O)NCc3ccc(Cl)c(Oc4cc(Cl)cc(C#N)c4)c3F)[nH]c2c1.O=C(O)C(F)(F)F. The van der Waals surface area contributed by atoms with E-state index < -0.39 is 23.9 Å². The van der Waals surface area contributed by atoms with E-state index in [2.05, 4.69) is 10.3 Å². The summed E-state index contributed by atoms with van der Waals surface area (Å²) in [4.78, 5) is 36.1. The van der Waals surface area contributed by atoms with Crippen molar-refractivity contribution >= 4 is 51.8 Å². The zero-order valence-electron chi connectivity index (χ0n) is 20.7. The summed E-state index contributed by atoms with van der Waals surface area (Å²) in [7, 11) is 0. The largest absolute Gasteiger partial charge is 0.490 e. The van der Waals surface area contributed by atoms with Crippen LogP contribution in [0.15, 0.2) is 54.6 Å². The highest BCUT2D eigenvalue weighted by Crippen LogP contribution is 2.35. The van der Waals surface area contributed by atoms with E-state index in [9.17, 15) is 22.8 Å². The second-order valence-electron chi connectivity index (χ2n) is 8.27. The average molecular weight is 610 g/mol. The van der Waals surface area contributed by atoms with Crippen molar-refractivity contribution in [2.45, 2.75) is 19.6 Å². The number of Topliss-reactive ketones (excluding diaryl/α,β-unsaturated/α-hetero) is 1. The number of amides is 1. The molecule has 14 heteroatoms. The third-order valence-corrected chi connectivity index (χ3v) is 5.82. The van der Waals surface area contributed by atoms with Crippen molar-refractivity contribution in [1.82, 2.24) is 10.3 Å². The molecule has 0 atom stereocenters. The molecule has 0 fully saturated rings. The van der Waals surface area contributed by atoms with E-state index in [-0.39, 0.29) is 50.7 Å². The molecule has 0 saturated carbocycles. The minimum absolute atomic E-state index is 0.0166. The summed E-state index contributed by atoms with van der Waals surface area (Å²) in [5.74, 6) is -4.15. The van der Waals surface area contributed by atoms with Crippen LogP contribution < -0.4 is 10.1 Å². The minimum atomic E-state index is -5.08. The smallest absolute Gasteiger partial charge is 0.475 e. The van der Waals surface area contributed by atoms with Gasteiger partial charge in [0.1, 0.15) is 11.4 Å². The van der Waals surface area contributed by atoms with Crippen LogP contribution in [0, 0.1) is 17.1 Å². The van der Waals surface area contributed by atoms with Gasteiger partial charge in [0, 0.05) is 33.6 Å². The van der Waals surface area contributed by atoms with Gasteiger partial charge in [0.05, 0.1) is 16.7 Å². The number of carbonyl (C=O) groups is 3. The minimum Gasteiger partial charge on any atom is -0.475 e. The van der Waals surface area contributed by atoms with Crippen LogP contribution in [0.4, 0.5) is 17.6 Å². The first kappa shape index (κ1) is 30.9. The Kier molecular flexibility index (Phi) is 9.59. The standard InChI is InChI=1S/C25H16Cl2FN3O3.C2HF3O2/c1-13(32)15-2-3-16-9-22(31-21(16)8-15)25(33)30-12-17-4-5-20(27)24(23(17)28)34-19-7-14(11-29)6-18(26)10-19;3-2(4,5)1(6)7/h2-10,31H,12H2,1H3,(H,30,33);(H,6,7). The number of fused-ring (bicyclic) bond motifs is 1. The lowest BCUT2D eigenvalue weighted by Crippen LogP contribution is -2.23. The van der Waals surface area contributed by atoms with E-state index in [1.807, 2.05) is 6.07 Å². The number of carbonyl (C=O) groups excluding carboxylic acids is 2. The highest BCUT2D eigenvalue weighted by molar-refractivity contribution is 6.32. The number of nitriles is 1. The number of halogens is 6. The molecule has 0 saturated heterocycles. The van der Waals surface area contributed by atoms with Crippen molar-refractivity contribution in [2.75, 3.05) is 0 Å². The number of aromatic amines is 1. The molecule has 3 N–H and O–H groups in total. The first-order valence-electron chi connectivity index (χ1n) is 11.3. The number of rotatable bonds is 6. The zero-order chi connectivity index (χ0) is 30.5. The van der Waals surface area contributed by atoms with E-state index in [0.29, 0.717) is 11.1 Å². The van der Waals surface area contributed by atoms with Crippen LogP contribution in [-0.4, -0.2) is 33.9 Å². The number of aromatic nitrogens is 1. The van der Waals surface area contributed by atoms with Crippen LogP contribution >= 0.6 is 23.2 Å². The molecule has 1 aromatic heterocycles. The van der Waals surface area contributed by atoms with Gasteiger partial charge in [0.2, 0.25) is 0 Å². The molecule has 0 aliphatic rings. The van der Waals surface area contributed by atoms with E-state index in [1.54, 1.807) is 24.3 Å². The van der Waals surface area contributed by atoms with E-state index in [4.69, 9.17) is 43.1 Å². The monoisotopic (exact) mass is 609 g/mol. The topological polar surface area (TPSA) is 132 Å². The van der Waals surface area contributed by atoms with Crippen LogP contribution in [0.25, 0.3) is 10.9 Å². The third-order valence-electron chi connectivity index (χ3n) is 5.30. The summed E-state index contributed by atoms with van der Waals surface area (Å²) in [6.45, 7) is 1.33. The molecule has 4 rings (SSSR count). The average Bonchev–Trinajstić information content (AvgIpc) is 3.33. The lowest BCUT2D eigenvalue weighted by molar-refractivity contribution is -0.192. The lowest BCUT2D eigenvalue weighted by atomic mass is 10.1. The van der Waals surface area contributed by atoms with Crippen molar-refractivity contribution in [3.63, 3.8) is 0 Å². The van der Waals surface area contributed by atoms with Gasteiger partial charge < -0.3 is 20.1 Å². The van der Waals surface area contributed by atoms with Gasteiger partial charge in [-0.1, -0.05) is 41.4 Å². The molecule has 212 valence electrons. The van der Waals surface area contributed by atoms with Crippen molar-refractivity contribution in [1.29, 1.82) is 5.26 Å². The Morgan fingerprint density at radius 2 is 1.76 bits per heavy atom. The van der Waals surface area contributed by atoms with Crippen LogP contribution in [0.3, 0.4) is 0 Å². The molecule has 8 nitrogen and oxygen atoms in total. The first-order chi connectivity index (χ1) is 19.2. The van der Waals surface area contributed by atoms with E-state index >= 15 is 4.39 Å². The fourth-order valence-corrected chi connectivity index (χ4v) is 3.76. The highest BCUT2D eigenvalue weighted by Gasteiger charge is 2.38. The summed E-state index contributed by atoms with van der Waals surface area (Å²) in [6, 6.07) is 15.9. The Morgan fingerprint density at radius 3 is 2.37 bits per heavy atom. The summed E-state index contributed by atoms with van der Waals surface area (Å²) >= 11 is 12.1. The molecule has 0 aliphatic carbocycles. The van der Waals surface area contributed by atoms with Gasteiger partial charge in [-0.15, -0.1) is 0 Å². The molecule has 0 bridgehead atoms. The summed E-state index contributed by atoms with van der Waals surface area (Å²) in [5.41, 5.74) is 1.83. The maximum absolute atomic E-state index is 15.1. The van der Waals surface area contributed by atoms with Gasteiger partial charge in [-0.3, -0.25) is 9.59 Å². The molecule has 0 unspecified atom stereocenters. The second-order valence-corrected chi connectivity index (χ2v) is 9.11. The predicted molar refractivity (Wildman–Crippen MR) is 141 cm³/mol. The quantitative estimate of drug-likeness (QED) is 0.159. The third kappa shape index (κ3) is 7.97. The van der Waals surface area contributed by atoms with Crippen LogP contribution in [0.2, 0.25) is 10.0 Å². The van der Waals surface area contributed by atoms with Gasteiger partial charge in [-0.25, -0.2) is 9.18 Å². The van der Waals surface area contributed by atoms with Crippen LogP contribution in [0.1, 0.15) is 38.9 Å². The number of aliphatic carboxylic acids is 1. The molecular formula is C27H17Cl2F4N3O5. The van der Waals surface area contributed by atoms with Crippen molar-refractivity contribution < 1.29 is 41.8 Å². The van der Waals surface area contributed by atoms with Gasteiger partial charge in [0.25, 0.3) is 5.91 Å². The highest BCUT2D eigenvalue weighted by atomic mass is 35.5. The van der Waals surface area contributed by atoms with Crippen LogP contribution in [-0.2, 0) is 11.3 Å². The normalized spacial score (nSPS) is 10.8. The van der Waals surface area contributed by atoms with Crippen LogP contribution in [0.5, 0.6) is 11.5 Å². The number of nitrogens with one attached hydrogen (secondary N) is 2. The van der Waals surface area contributed by atoms with Crippen molar-refractivity contribution in [2.24, 2.45) is 0 Å². The number of carboxylic acids is 1. The fourth-order valence-electron chi connectivity index (χ4n) is 3.35. The number of ether oxygens (including phenoxy) is 1.